The molecule has 22 heavy (non-hydrogen) atoms. The summed E-state index contributed by atoms with van der Waals surface area (Å²) in [6, 6.07) is 9.98. The molecule has 2 rings (SSSR count). The molecule has 0 bridgehead atoms. The second-order valence-corrected chi connectivity index (χ2v) is 5.24. The fourth-order valence-electron chi connectivity index (χ4n) is 2.21. The summed E-state index contributed by atoms with van der Waals surface area (Å²) in [4.78, 5) is 11.9. The molecule has 3 nitrogen and oxygen atoms in total. The van der Waals surface area contributed by atoms with Gasteiger partial charge in [0.15, 0.2) is 0 Å². The highest BCUT2D eigenvalue weighted by Gasteiger charge is 2.10. The van der Waals surface area contributed by atoms with Crippen LogP contribution < -0.4 is 10.1 Å². The summed E-state index contributed by atoms with van der Waals surface area (Å²) in [5, 5.41) is 2.66. The lowest BCUT2D eigenvalue weighted by atomic mass is 10.1. The first-order chi connectivity index (χ1) is 10.5. The molecule has 0 aliphatic heterocycles. The number of carbonyl (C=O) groups is 1. The van der Waals surface area contributed by atoms with Gasteiger partial charge in [0.1, 0.15) is 18.2 Å². The van der Waals surface area contributed by atoms with Gasteiger partial charge < -0.3 is 10.1 Å². The molecule has 116 valence electrons. The van der Waals surface area contributed by atoms with E-state index in [1.54, 1.807) is 12.1 Å². The van der Waals surface area contributed by atoms with Gasteiger partial charge in [0.2, 0.25) is 0 Å². The third-order valence-corrected chi connectivity index (χ3v) is 3.63. The maximum atomic E-state index is 13.5. The Balaban J connectivity index is 1.89. The zero-order valence-corrected chi connectivity index (χ0v) is 13.1. The molecule has 0 atom stereocenters. The molecule has 0 fully saturated rings. The van der Waals surface area contributed by atoms with Gasteiger partial charge in [-0.1, -0.05) is 24.3 Å². The van der Waals surface area contributed by atoms with Gasteiger partial charge in [-0.05, 0) is 49.6 Å². The number of benzene rings is 2. The molecular formula is C18H20FNO2. The van der Waals surface area contributed by atoms with Gasteiger partial charge in [0.05, 0.1) is 12.1 Å². The summed E-state index contributed by atoms with van der Waals surface area (Å²) >= 11 is 0. The van der Waals surface area contributed by atoms with Crippen molar-refractivity contribution in [3.8, 4) is 5.75 Å². The van der Waals surface area contributed by atoms with Gasteiger partial charge >= 0.3 is 0 Å². The van der Waals surface area contributed by atoms with Crippen LogP contribution in [0.15, 0.2) is 36.4 Å². The SMILES string of the molecule is Cc1ccc(C)c(OCCNC(=O)c2ccccc2F)c1C. The van der Waals surface area contributed by atoms with Gasteiger partial charge in [-0.15, -0.1) is 0 Å². The fraction of sp³-hybridized carbons (Fsp3) is 0.278. The minimum absolute atomic E-state index is 0.0467. The van der Waals surface area contributed by atoms with Crippen molar-refractivity contribution in [1.29, 1.82) is 0 Å². The van der Waals surface area contributed by atoms with Crippen LogP contribution in [0.1, 0.15) is 27.0 Å². The first-order valence-electron chi connectivity index (χ1n) is 7.23. The number of halogens is 1. The summed E-state index contributed by atoms with van der Waals surface area (Å²) in [5.41, 5.74) is 3.37. The third kappa shape index (κ3) is 3.64. The average Bonchev–Trinajstić information content (AvgIpc) is 2.50. The lowest BCUT2D eigenvalue weighted by Gasteiger charge is -2.14. The number of nitrogens with one attached hydrogen (secondary N) is 1. The lowest BCUT2D eigenvalue weighted by molar-refractivity contribution is 0.0943. The molecule has 1 N–H and O–H groups in total. The number of aryl methyl sites for hydroxylation is 2. The molecule has 1 amide bonds. The molecule has 0 spiro atoms. The second kappa shape index (κ2) is 7.07. The summed E-state index contributed by atoms with van der Waals surface area (Å²) in [7, 11) is 0. The zero-order valence-electron chi connectivity index (χ0n) is 13.1. The van der Waals surface area contributed by atoms with Crippen LogP contribution in [0.2, 0.25) is 0 Å². The number of hydrogen-bond donors (Lipinski definition) is 1. The fourth-order valence-corrected chi connectivity index (χ4v) is 2.21. The minimum atomic E-state index is -0.522. The maximum Gasteiger partial charge on any atom is 0.254 e. The van der Waals surface area contributed by atoms with E-state index in [0.717, 1.165) is 22.4 Å². The largest absolute Gasteiger partial charge is 0.491 e. The second-order valence-electron chi connectivity index (χ2n) is 5.24. The molecule has 2 aromatic rings. The highest BCUT2D eigenvalue weighted by atomic mass is 19.1. The molecule has 0 radical (unpaired) electrons. The highest BCUT2D eigenvalue weighted by molar-refractivity contribution is 5.94. The van der Waals surface area contributed by atoms with Crippen LogP contribution in [0, 0.1) is 26.6 Å². The number of hydrogen-bond acceptors (Lipinski definition) is 2. The lowest BCUT2D eigenvalue weighted by Crippen LogP contribution is -2.28. The van der Waals surface area contributed by atoms with Crippen LogP contribution in [0.4, 0.5) is 4.39 Å². The van der Waals surface area contributed by atoms with Crippen molar-refractivity contribution in [3.05, 3.63) is 64.5 Å². The van der Waals surface area contributed by atoms with Crippen molar-refractivity contribution >= 4 is 5.91 Å². The normalized spacial score (nSPS) is 10.4. The average molecular weight is 301 g/mol. The van der Waals surface area contributed by atoms with Crippen molar-refractivity contribution < 1.29 is 13.9 Å². The van der Waals surface area contributed by atoms with Crippen LogP contribution in [0.25, 0.3) is 0 Å². The Hall–Kier alpha value is -2.36. The van der Waals surface area contributed by atoms with Crippen molar-refractivity contribution in [2.45, 2.75) is 20.8 Å². The van der Waals surface area contributed by atoms with Gasteiger partial charge in [0.25, 0.3) is 5.91 Å². The Kier molecular flexibility index (Phi) is 5.15. The quantitative estimate of drug-likeness (QED) is 0.858. The molecular weight excluding hydrogens is 281 g/mol. The molecule has 0 aromatic heterocycles. The van der Waals surface area contributed by atoms with E-state index in [9.17, 15) is 9.18 Å². The Morgan fingerprint density at radius 1 is 1.09 bits per heavy atom. The van der Waals surface area contributed by atoms with E-state index in [0.29, 0.717) is 13.2 Å². The highest BCUT2D eigenvalue weighted by Crippen LogP contribution is 2.25. The predicted octanol–water partition coefficient (Wildman–Crippen LogP) is 3.56. The van der Waals surface area contributed by atoms with Crippen molar-refractivity contribution in [3.63, 3.8) is 0 Å². The van der Waals surface area contributed by atoms with Crippen LogP contribution >= 0.6 is 0 Å². The molecule has 0 heterocycles. The van der Waals surface area contributed by atoms with E-state index in [4.69, 9.17) is 4.74 Å². The molecule has 0 aliphatic rings. The van der Waals surface area contributed by atoms with Crippen LogP contribution in [-0.4, -0.2) is 19.1 Å². The van der Waals surface area contributed by atoms with E-state index >= 15 is 0 Å². The van der Waals surface area contributed by atoms with Gasteiger partial charge in [-0.2, -0.15) is 0 Å². The summed E-state index contributed by atoms with van der Waals surface area (Å²) in [5.74, 6) is -0.106. The molecule has 0 saturated heterocycles. The maximum absolute atomic E-state index is 13.5. The number of rotatable bonds is 5. The third-order valence-electron chi connectivity index (χ3n) is 3.63. The van der Waals surface area contributed by atoms with E-state index in [-0.39, 0.29) is 5.56 Å². The van der Waals surface area contributed by atoms with Crippen LogP contribution in [0.3, 0.4) is 0 Å². The van der Waals surface area contributed by atoms with Crippen LogP contribution in [-0.2, 0) is 0 Å². The first-order valence-corrected chi connectivity index (χ1v) is 7.23. The van der Waals surface area contributed by atoms with Crippen molar-refractivity contribution in [2.75, 3.05) is 13.2 Å². The summed E-state index contributed by atoms with van der Waals surface area (Å²) < 4.78 is 19.2. The van der Waals surface area contributed by atoms with Gasteiger partial charge in [-0.25, -0.2) is 4.39 Å². The zero-order chi connectivity index (χ0) is 16.1. The number of carbonyl (C=O) groups excluding carboxylic acids is 1. The van der Waals surface area contributed by atoms with Gasteiger partial charge in [0, 0.05) is 0 Å². The van der Waals surface area contributed by atoms with Crippen molar-refractivity contribution in [1.82, 2.24) is 5.32 Å². The Bertz CT molecular complexity index is 683. The van der Waals surface area contributed by atoms with Gasteiger partial charge in [-0.3, -0.25) is 4.79 Å². The van der Waals surface area contributed by atoms with E-state index in [2.05, 4.69) is 11.4 Å². The number of amides is 1. The smallest absolute Gasteiger partial charge is 0.254 e. The number of ether oxygens (including phenoxy) is 1. The molecule has 0 unspecified atom stereocenters. The molecule has 2 aromatic carbocycles. The van der Waals surface area contributed by atoms with E-state index in [1.165, 1.54) is 12.1 Å². The minimum Gasteiger partial charge on any atom is -0.491 e. The van der Waals surface area contributed by atoms with Crippen molar-refractivity contribution in [2.24, 2.45) is 0 Å². The molecule has 0 aliphatic carbocycles. The van der Waals surface area contributed by atoms with E-state index in [1.807, 2.05) is 26.8 Å². The Morgan fingerprint density at radius 3 is 2.50 bits per heavy atom. The first kappa shape index (κ1) is 16.0. The monoisotopic (exact) mass is 301 g/mol. The summed E-state index contributed by atoms with van der Waals surface area (Å²) in [6.07, 6.45) is 0. The summed E-state index contributed by atoms with van der Waals surface area (Å²) in [6.45, 7) is 6.68. The molecule has 0 saturated carbocycles. The predicted molar refractivity (Wildman–Crippen MR) is 84.9 cm³/mol. The Labute approximate surface area is 130 Å². The molecule has 4 heteroatoms. The van der Waals surface area contributed by atoms with Crippen LogP contribution in [0.5, 0.6) is 5.75 Å². The topological polar surface area (TPSA) is 38.3 Å². The van der Waals surface area contributed by atoms with E-state index < -0.39 is 11.7 Å². The Morgan fingerprint density at radius 2 is 1.77 bits per heavy atom. The standard InChI is InChI=1S/C18H20FNO2/c1-12-8-9-13(2)17(14(12)3)22-11-10-20-18(21)15-6-4-5-7-16(15)19/h4-9H,10-11H2,1-3H3,(H,20,21).